The molecule has 1 N–H and O–H groups in total. The van der Waals surface area contributed by atoms with E-state index < -0.39 is 0 Å². The third-order valence-corrected chi connectivity index (χ3v) is 4.92. The quantitative estimate of drug-likeness (QED) is 0.677. The molecule has 5 heteroatoms. The van der Waals surface area contributed by atoms with Crippen molar-refractivity contribution in [2.45, 2.75) is 39.2 Å². The maximum atomic E-state index is 12.3. The fraction of sp³-hybridized carbons (Fsp3) is 0.391. The van der Waals surface area contributed by atoms with Crippen LogP contribution < -0.4 is 10.1 Å². The van der Waals surface area contributed by atoms with Crippen LogP contribution >= 0.6 is 0 Å². The molecule has 0 radical (unpaired) electrons. The number of ether oxygens (including phenoxy) is 1. The molecule has 0 unspecified atom stereocenters. The van der Waals surface area contributed by atoms with Gasteiger partial charge in [0.05, 0.1) is 6.61 Å². The molecule has 2 amide bonds. The summed E-state index contributed by atoms with van der Waals surface area (Å²) in [6, 6.07) is 15.6. The maximum absolute atomic E-state index is 12.3. The predicted octanol–water partition coefficient (Wildman–Crippen LogP) is 3.57. The topological polar surface area (TPSA) is 58.6 Å². The maximum Gasteiger partial charge on any atom is 0.251 e. The average Bonchev–Trinajstić information content (AvgIpc) is 3.11. The highest BCUT2D eigenvalue weighted by molar-refractivity contribution is 5.94. The number of rotatable bonds is 9. The smallest absolute Gasteiger partial charge is 0.251 e. The van der Waals surface area contributed by atoms with Crippen LogP contribution in [0, 0.1) is 0 Å². The Morgan fingerprint density at radius 3 is 2.43 bits per heavy atom. The average molecular weight is 380 g/mol. The zero-order valence-electron chi connectivity index (χ0n) is 16.4. The largest absolute Gasteiger partial charge is 0.494 e. The van der Waals surface area contributed by atoms with Gasteiger partial charge in [-0.3, -0.25) is 9.59 Å². The summed E-state index contributed by atoms with van der Waals surface area (Å²) in [5, 5.41) is 2.97. The summed E-state index contributed by atoms with van der Waals surface area (Å²) in [6.45, 7) is 4.73. The lowest BCUT2D eigenvalue weighted by Crippen LogP contribution is -2.25. The Bertz CT molecular complexity index is 784. The highest BCUT2D eigenvalue weighted by Gasteiger charge is 2.19. The number of likely N-dealkylation sites (tertiary alicyclic amines) is 1. The Hall–Kier alpha value is -2.82. The van der Waals surface area contributed by atoms with Crippen LogP contribution in [0.15, 0.2) is 48.5 Å². The van der Waals surface area contributed by atoms with Gasteiger partial charge in [0.15, 0.2) is 0 Å². The van der Waals surface area contributed by atoms with E-state index in [2.05, 4.69) is 17.4 Å². The van der Waals surface area contributed by atoms with E-state index in [1.807, 2.05) is 48.2 Å². The van der Waals surface area contributed by atoms with Gasteiger partial charge in [0.1, 0.15) is 5.75 Å². The van der Waals surface area contributed by atoms with Crippen LogP contribution in [0.1, 0.15) is 47.7 Å². The monoisotopic (exact) mass is 380 g/mol. The third kappa shape index (κ3) is 5.59. The van der Waals surface area contributed by atoms with Crippen molar-refractivity contribution in [3.63, 3.8) is 0 Å². The molecule has 0 atom stereocenters. The first-order chi connectivity index (χ1) is 13.7. The molecular formula is C23H28N2O3. The molecule has 1 aliphatic rings. The number of nitrogens with one attached hydrogen (secondary N) is 1. The molecular weight excluding hydrogens is 352 g/mol. The van der Waals surface area contributed by atoms with Gasteiger partial charge in [-0.2, -0.15) is 0 Å². The van der Waals surface area contributed by atoms with Crippen LogP contribution in [0.3, 0.4) is 0 Å². The molecule has 148 valence electrons. The zero-order valence-corrected chi connectivity index (χ0v) is 16.4. The van der Waals surface area contributed by atoms with Gasteiger partial charge in [-0.25, -0.2) is 0 Å². The van der Waals surface area contributed by atoms with Crippen molar-refractivity contribution < 1.29 is 14.3 Å². The molecule has 3 rings (SSSR count). The van der Waals surface area contributed by atoms with Crippen molar-refractivity contribution >= 4 is 11.8 Å². The Morgan fingerprint density at radius 1 is 1.07 bits per heavy atom. The second-order valence-electron chi connectivity index (χ2n) is 7.05. The van der Waals surface area contributed by atoms with E-state index in [1.165, 1.54) is 5.56 Å². The molecule has 1 saturated heterocycles. The van der Waals surface area contributed by atoms with Crippen LogP contribution in [0.5, 0.6) is 5.75 Å². The minimum Gasteiger partial charge on any atom is -0.494 e. The first-order valence-corrected chi connectivity index (χ1v) is 10.0. The molecule has 0 aliphatic carbocycles. The molecule has 0 spiro atoms. The van der Waals surface area contributed by atoms with E-state index in [0.29, 0.717) is 31.7 Å². The molecule has 0 saturated carbocycles. The summed E-state index contributed by atoms with van der Waals surface area (Å²) >= 11 is 0. The predicted molar refractivity (Wildman–Crippen MR) is 109 cm³/mol. The lowest BCUT2D eigenvalue weighted by molar-refractivity contribution is -0.128. The number of nitrogens with zero attached hydrogens (tertiary/aromatic N) is 1. The zero-order chi connectivity index (χ0) is 19.8. The Labute approximate surface area is 166 Å². The Balaban J connectivity index is 1.40. The summed E-state index contributed by atoms with van der Waals surface area (Å²) < 4.78 is 5.44. The summed E-state index contributed by atoms with van der Waals surface area (Å²) in [5.74, 6) is 1.04. The normalized spacial score (nSPS) is 13.6. The van der Waals surface area contributed by atoms with Gasteiger partial charge in [-0.1, -0.05) is 24.3 Å². The highest BCUT2D eigenvalue weighted by atomic mass is 16.5. The molecule has 5 nitrogen and oxygen atoms in total. The second kappa shape index (κ2) is 9.93. The molecule has 0 aromatic heterocycles. The van der Waals surface area contributed by atoms with Crippen molar-refractivity contribution in [2.75, 3.05) is 19.7 Å². The van der Waals surface area contributed by atoms with E-state index >= 15 is 0 Å². The number of carbonyl (C=O) groups is 2. The van der Waals surface area contributed by atoms with Gasteiger partial charge < -0.3 is 15.0 Å². The summed E-state index contributed by atoms with van der Waals surface area (Å²) in [4.78, 5) is 25.9. The second-order valence-corrected chi connectivity index (χ2v) is 7.05. The summed E-state index contributed by atoms with van der Waals surface area (Å²) in [7, 11) is 0. The van der Waals surface area contributed by atoms with E-state index in [1.54, 1.807) is 0 Å². The van der Waals surface area contributed by atoms with Gasteiger partial charge in [0, 0.05) is 31.6 Å². The highest BCUT2D eigenvalue weighted by Crippen LogP contribution is 2.15. The Kier molecular flexibility index (Phi) is 7.06. The van der Waals surface area contributed by atoms with Gasteiger partial charge in [0.2, 0.25) is 5.91 Å². The van der Waals surface area contributed by atoms with E-state index in [0.717, 1.165) is 37.1 Å². The van der Waals surface area contributed by atoms with Gasteiger partial charge in [-0.15, -0.1) is 0 Å². The summed E-state index contributed by atoms with van der Waals surface area (Å²) in [5.41, 5.74) is 2.94. The Morgan fingerprint density at radius 2 is 1.79 bits per heavy atom. The van der Waals surface area contributed by atoms with Crippen molar-refractivity contribution in [3.05, 3.63) is 65.2 Å². The number of aryl methyl sites for hydroxylation is 1. The molecule has 0 bridgehead atoms. The van der Waals surface area contributed by atoms with Gasteiger partial charge in [0.25, 0.3) is 5.91 Å². The first kappa shape index (κ1) is 19.9. The van der Waals surface area contributed by atoms with Crippen molar-refractivity contribution in [3.8, 4) is 5.75 Å². The summed E-state index contributed by atoms with van der Waals surface area (Å²) in [6.07, 6.45) is 3.39. The van der Waals surface area contributed by atoms with Crippen LogP contribution in [-0.4, -0.2) is 36.4 Å². The minimum atomic E-state index is -0.0597. The lowest BCUT2D eigenvalue weighted by atomic mass is 10.1. The van der Waals surface area contributed by atoms with E-state index in [-0.39, 0.29) is 11.8 Å². The minimum absolute atomic E-state index is 0.0597. The molecule has 2 aromatic rings. The fourth-order valence-corrected chi connectivity index (χ4v) is 3.37. The lowest BCUT2D eigenvalue weighted by Gasteiger charge is -2.15. The molecule has 2 aromatic carbocycles. The van der Waals surface area contributed by atoms with Crippen LogP contribution in [0.4, 0.5) is 0 Å². The van der Waals surface area contributed by atoms with Gasteiger partial charge in [-0.05, 0) is 61.6 Å². The van der Waals surface area contributed by atoms with Crippen LogP contribution in [0.2, 0.25) is 0 Å². The van der Waals surface area contributed by atoms with Crippen molar-refractivity contribution in [1.29, 1.82) is 0 Å². The van der Waals surface area contributed by atoms with Gasteiger partial charge >= 0.3 is 0 Å². The molecule has 1 heterocycles. The number of hydrogen-bond donors (Lipinski definition) is 1. The first-order valence-electron chi connectivity index (χ1n) is 10.0. The van der Waals surface area contributed by atoms with E-state index in [9.17, 15) is 9.59 Å². The van der Waals surface area contributed by atoms with Crippen LogP contribution in [-0.2, 0) is 17.8 Å². The van der Waals surface area contributed by atoms with Crippen LogP contribution in [0.25, 0.3) is 0 Å². The fourth-order valence-electron chi connectivity index (χ4n) is 3.37. The van der Waals surface area contributed by atoms with Crippen molar-refractivity contribution in [1.82, 2.24) is 10.2 Å². The number of amides is 2. The third-order valence-electron chi connectivity index (χ3n) is 4.92. The SMILES string of the molecule is CCOc1ccc(CCCNC(=O)c2ccc(CN3CCCC3=O)cc2)cc1. The van der Waals surface area contributed by atoms with E-state index in [4.69, 9.17) is 4.74 Å². The number of hydrogen-bond acceptors (Lipinski definition) is 3. The standard InChI is InChI=1S/C23H28N2O3/c1-2-28-21-13-9-18(10-14-21)5-3-15-24-23(27)20-11-7-19(8-12-20)17-25-16-4-6-22(25)26/h7-14H,2-6,15-17H2,1H3,(H,24,27). The number of carbonyl (C=O) groups excluding carboxylic acids is 2. The number of benzene rings is 2. The molecule has 1 fully saturated rings. The molecule has 1 aliphatic heterocycles. The van der Waals surface area contributed by atoms with Crippen molar-refractivity contribution in [2.24, 2.45) is 0 Å². The molecule has 28 heavy (non-hydrogen) atoms.